The number of piperidine rings is 1. The van der Waals surface area contributed by atoms with Crippen molar-refractivity contribution in [2.45, 2.75) is 38.3 Å². The van der Waals surface area contributed by atoms with Gasteiger partial charge >= 0.3 is 0 Å². The highest BCUT2D eigenvalue weighted by atomic mass is 16.5. The Bertz CT molecular complexity index is 533. The fourth-order valence-corrected chi connectivity index (χ4v) is 3.55. The van der Waals surface area contributed by atoms with E-state index < -0.39 is 0 Å². The third kappa shape index (κ3) is 4.14. The number of carbonyl (C=O) groups excluding carboxylic acids is 1. The normalized spacial score (nSPS) is 20.0. The van der Waals surface area contributed by atoms with E-state index in [1.807, 2.05) is 12.1 Å². The first-order valence-corrected chi connectivity index (χ1v) is 8.61. The molecule has 0 aromatic heterocycles. The Balaban J connectivity index is 1.46. The van der Waals surface area contributed by atoms with Crippen molar-refractivity contribution in [2.24, 2.45) is 0 Å². The van der Waals surface area contributed by atoms with Gasteiger partial charge in [0.15, 0.2) is 0 Å². The lowest BCUT2D eigenvalue weighted by molar-refractivity contribution is -0.130. The van der Waals surface area contributed by atoms with Crippen LogP contribution in [0.15, 0.2) is 36.9 Å². The zero-order valence-electron chi connectivity index (χ0n) is 13.7. The summed E-state index contributed by atoms with van der Waals surface area (Å²) >= 11 is 0. The largest absolute Gasteiger partial charge is 0.490 e. The van der Waals surface area contributed by atoms with Gasteiger partial charge in [0.2, 0.25) is 5.91 Å². The number of ether oxygens (including phenoxy) is 1. The van der Waals surface area contributed by atoms with Gasteiger partial charge in [-0.2, -0.15) is 0 Å². The standard InChI is InChI=1S/C19H26N2O2/c1-2-14-23-18-7-5-16(6-8-18)15-20-12-9-17(10-13-20)21-11-3-4-19(21)22/h2,5-8,17H,1,3-4,9-15H2. The number of hydrogen-bond donors (Lipinski definition) is 0. The molecule has 124 valence electrons. The van der Waals surface area contributed by atoms with Crippen molar-refractivity contribution in [1.82, 2.24) is 9.80 Å². The van der Waals surface area contributed by atoms with Crippen LogP contribution in [0.2, 0.25) is 0 Å². The molecule has 0 bridgehead atoms. The molecule has 2 aliphatic heterocycles. The lowest BCUT2D eigenvalue weighted by atomic mass is 10.0. The summed E-state index contributed by atoms with van der Waals surface area (Å²) in [6, 6.07) is 8.78. The minimum absolute atomic E-state index is 0.360. The first-order valence-electron chi connectivity index (χ1n) is 8.61. The number of amides is 1. The maximum absolute atomic E-state index is 11.8. The molecule has 1 aromatic carbocycles. The number of nitrogens with zero attached hydrogens (tertiary/aromatic N) is 2. The smallest absolute Gasteiger partial charge is 0.222 e. The summed E-state index contributed by atoms with van der Waals surface area (Å²) in [6.45, 7) is 8.29. The van der Waals surface area contributed by atoms with Gasteiger partial charge in [0.05, 0.1) is 0 Å². The van der Waals surface area contributed by atoms with Gasteiger partial charge in [-0.1, -0.05) is 24.8 Å². The maximum Gasteiger partial charge on any atom is 0.222 e. The monoisotopic (exact) mass is 314 g/mol. The maximum atomic E-state index is 11.8. The molecule has 1 amide bonds. The molecule has 0 radical (unpaired) electrons. The predicted molar refractivity (Wildman–Crippen MR) is 91.4 cm³/mol. The summed E-state index contributed by atoms with van der Waals surface area (Å²) in [5.41, 5.74) is 1.31. The quantitative estimate of drug-likeness (QED) is 0.757. The molecule has 2 aliphatic rings. The second kappa shape index (κ2) is 7.64. The highest BCUT2D eigenvalue weighted by molar-refractivity contribution is 5.78. The molecule has 0 atom stereocenters. The highest BCUT2D eigenvalue weighted by Gasteiger charge is 2.30. The van der Waals surface area contributed by atoms with Gasteiger partial charge in [0.25, 0.3) is 0 Å². The zero-order chi connectivity index (χ0) is 16.1. The van der Waals surface area contributed by atoms with Gasteiger partial charge in [-0.15, -0.1) is 0 Å². The molecular formula is C19H26N2O2. The number of benzene rings is 1. The second-order valence-electron chi connectivity index (χ2n) is 6.44. The third-order valence-corrected chi connectivity index (χ3v) is 4.81. The van der Waals surface area contributed by atoms with Crippen molar-refractivity contribution in [1.29, 1.82) is 0 Å². The molecule has 0 aliphatic carbocycles. The van der Waals surface area contributed by atoms with Crippen LogP contribution in [0.4, 0.5) is 0 Å². The number of hydrogen-bond acceptors (Lipinski definition) is 3. The van der Waals surface area contributed by atoms with E-state index in [2.05, 4.69) is 28.5 Å². The molecule has 0 unspecified atom stereocenters. The van der Waals surface area contributed by atoms with E-state index in [4.69, 9.17) is 4.74 Å². The molecule has 4 heteroatoms. The van der Waals surface area contributed by atoms with Crippen LogP contribution in [-0.2, 0) is 11.3 Å². The van der Waals surface area contributed by atoms with Crippen LogP contribution in [-0.4, -0.2) is 48.0 Å². The van der Waals surface area contributed by atoms with Crippen LogP contribution < -0.4 is 4.74 Å². The molecule has 23 heavy (non-hydrogen) atoms. The third-order valence-electron chi connectivity index (χ3n) is 4.81. The summed E-state index contributed by atoms with van der Waals surface area (Å²) in [7, 11) is 0. The van der Waals surface area contributed by atoms with E-state index in [0.717, 1.165) is 57.6 Å². The number of likely N-dealkylation sites (tertiary alicyclic amines) is 2. The average molecular weight is 314 g/mol. The van der Waals surface area contributed by atoms with Gasteiger partial charge in [0, 0.05) is 38.6 Å². The lowest BCUT2D eigenvalue weighted by Gasteiger charge is -2.36. The SMILES string of the molecule is C=CCOc1ccc(CN2CCC(N3CCCC3=O)CC2)cc1. The molecule has 0 N–H and O–H groups in total. The molecule has 0 saturated carbocycles. The Labute approximate surface area is 138 Å². The topological polar surface area (TPSA) is 32.8 Å². The molecule has 2 heterocycles. The van der Waals surface area contributed by atoms with E-state index in [9.17, 15) is 4.79 Å². The minimum Gasteiger partial charge on any atom is -0.490 e. The number of carbonyl (C=O) groups is 1. The van der Waals surface area contributed by atoms with Gasteiger partial charge in [-0.25, -0.2) is 0 Å². The van der Waals surface area contributed by atoms with Crippen molar-refractivity contribution in [2.75, 3.05) is 26.2 Å². The van der Waals surface area contributed by atoms with Crippen molar-refractivity contribution < 1.29 is 9.53 Å². The summed E-state index contributed by atoms with van der Waals surface area (Å²) in [5.74, 6) is 1.25. The van der Waals surface area contributed by atoms with Crippen molar-refractivity contribution in [3.05, 3.63) is 42.5 Å². The van der Waals surface area contributed by atoms with Crippen LogP contribution in [0.25, 0.3) is 0 Å². The van der Waals surface area contributed by atoms with Crippen LogP contribution in [0.1, 0.15) is 31.2 Å². The first-order chi connectivity index (χ1) is 11.3. The zero-order valence-corrected chi connectivity index (χ0v) is 13.7. The molecular weight excluding hydrogens is 288 g/mol. The number of rotatable bonds is 6. The summed E-state index contributed by atoms with van der Waals surface area (Å²) in [5, 5.41) is 0. The Morgan fingerprint density at radius 1 is 1.17 bits per heavy atom. The van der Waals surface area contributed by atoms with Gasteiger partial charge in [-0.3, -0.25) is 9.69 Å². The minimum atomic E-state index is 0.360. The van der Waals surface area contributed by atoms with E-state index in [0.29, 0.717) is 18.6 Å². The highest BCUT2D eigenvalue weighted by Crippen LogP contribution is 2.23. The van der Waals surface area contributed by atoms with Gasteiger partial charge in [0.1, 0.15) is 12.4 Å². The molecule has 0 spiro atoms. The van der Waals surface area contributed by atoms with E-state index in [1.165, 1.54) is 5.56 Å². The Kier molecular flexibility index (Phi) is 5.34. The Morgan fingerprint density at radius 3 is 2.52 bits per heavy atom. The fourth-order valence-electron chi connectivity index (χ4n) is 3.55. The summed E-state index contributed by atoms with van der Waals surface area (Å²) in [6.07, 6.45) is 5.75. The van der Waals surface area contributed by atoms with Crippen LogP contribution in [0.3, 0.4) is 0 Å². The lowest BCUT2D eigenvalue weighted by Crippen LogP contribution is -2.45. The van der Waals surface area contributed by atoms with Gasteiger partial charge < -0.3 is 9.64 Å². The van der Waals surface area contributed by atoms with Crippen LogP contribution in [0.5, 0.6) is 5.75 Å². The molecule has 1 aromatic rings. The fraction of sp³-hybridized carbons (Fsp3) is 0.526. The van der Waals surface area contributed by atoms with E-state index >= 15 is 0 Å². The van der Waals surface area contributed by atoms with Crippen molar-refractivity contribution in [3.8, 4) is 5.75 Å². The summed E-state index contributed by atoms with van der Waals surface area (Å²) in [4.78, 5) is 16.4. The summed E-state index contributed by atoms with van der Waals surface area (Å²) < 4.78 is 5.51. The second-order valence-corrected chi connectivity index (χ2v) is 6.44. The van der Waals surface area contributed by atoms with Crippen molar-refractivity contribution >= 4 is 5.91 Å². The van der Waals surface area contributed by atoms with Gasteiger partial charge in [-0.05, 0) is 37.0 Å². The van der Waals surface area contributed by atoms with E-state index in [-0.39, 0.29) is 0 Å². The van der Waals surface area contributed by atoms with Crippen LogP contribution in [0, 0.1) is 0 Å². The molecule has 2 saturated heterocycles. The predicted octanol–water partition coefficient (Wildman–Crippen LogP) is 2.84. The molecule has 4 nitrogen and oxygen atoms in total. The molecule has 2 fully saturated rings. The van der Waals surface area contributed by atoms with E-state index in [1.54, 1.807) is 6.08 Å². The average Bonchev–Trinajstić information content (AvgIpc) is 3.01. The Hall–Kier alpha value is -1.81. The Morgan fingerprint density at radius 2 is 1.91 bits per heavy atom. The van der Waals surface area contributed by atoms with Crippen LogP contribution >= 0.6 is 0 Å². The van der Waals surface area contributed by atoms with Crippen molar-refractivity contribution in [3.63, 3.8) is 0 Å². The first kappa shape index (κ1) is 16.1. The molecule has 3 rings (SSSR count).